The quantitative estimate of drug-likeness (QED) is 0.0739. The third kappa shape index (κ3) is 9.91. The number of carboxylic acids is 2. The molecule has 0 amide bonds. The van der Waals surface area contributed by atoms with Gasteiger partial charge in [0.05, 0.1) is 7.11 Å². The number of aliphatic hydroxyl groups is 2. The van der Waals surface area contributed by atoms with E-state index >= 15 is 0 Å². The Morgan fingerprint density at radius 1 is 0.857 bits per heavy atom. The average Bonchev–Trinajstić information content (AvgIpc) is 3.38. The molecule has 14 nitrogen and oxygen atoms in total. The van der Waals surface area contributed by atoms with Crippen LogP contribution in [-0.2, 0) is 47.7 Å². The van der Waals surface area contributed by atoms with E-state index in [4.69, 9.17) is 23.7 Å². The smallest absolute Gasteiger partial charge is 0.344 e. The number of aliphatic carboxylic acids is 2. The Morgan fingerprint density at radius 2 is 1.46 bits per heavy atom. The van der Waals surface area contributed by atoms with Gasteiger partial charge in [-0.05, 0) is 55.6 Å². The van der Waals surface area contributed by atoms with Crippen LogP contribution in [0.25, 0.3) is 12.2 Å². The fraction of sp³-hybridized carbons (Fsp3) is 0.500. The number of esters is 3. The number of hydrogen-bond donors (Lipinski definition) is 4. The SMILES string of the molecule is COC(=O)[C@@H]1O[C@@]2(CCC[C@H](OC(C)=O)[C@@H](C)C/C=C/c3ccccc3)O[C@](C(=O)O)([C@H](OC(=O)CCCCCC/C=C/c3ccccc3)[C@@H]2O)[C@]1(O)C(=O)O. The van der Waals surface area contributed by atoms with Crippen LogP contribution in [0, 0.1) is 5.92 Å². The van der Waals surface area contributed by atoms with Crippen molar-refractivity contribution in [2.24, 2.45) is 5.92 Å². The van der Waals surface area contributed by atoms with Crippen molar-refractivity contribution in [3.05, 3.63) is 83.9 Å². The Morgan fingerprint density at radius 3 is 2.04 bits per heavy atom. The molecule has 14 heteroatoms. The number of carbonyl (C=O) groups excluding carboxylic acids is 3. The number of ether oxygens (including phenoxy) is 5. The van der Waals surface area contributed by atoms with Gasteiger partial charge in [0.2, 0.25) is 23.1 Å². The molecular formula is C42H52O14. The number of carbonyl (C=O) groups is 5. The number of hydrogen-bond acceptors (Lipinski definition) is 12. The van der Waals surface area contributed by atoms with Crippen LogP contribution in [0.15, 0.2) is 72.8 Å². The molecule has 2 aromatic carbocycles. The molecule has 0 radical (unpaired) electrons. The van der Waals surface area contributed by atoms with Crippen LogP contribution >= 0.6 is 0 Å². The molecule has 2 fully saturated rings. The van der Waals surface area contributed by atoms with Gasteiger partial charge in [0, 0.05) is 19.8 Å². The summed E-state index contributed by atoms with van der Waals surface area (Å²) in [5.41, 5.74) is -5.09. The van der Waals surface area contributed by atoms with Crippen LogP contribution in [0.1, 0.15) is 89.2 Å². The average molecular weight is 781 g/mol. The number of unbranched alkanes of at least 4 members (excludes halogenated alkanes) is 4. The molecule has 56 heavy (non-hydrogen) atoms. The van der Waals surface area contributed by atoms with Crippen molar-refractivity contribution in [3.63, 3.8) is 0 Å². The van der Waals surface area contributed by atoms with E-state index in [1.165, 1.54) is 6.92 Å². The van der Waals surface area contributed by atoms with Crippen molar-refractivity contribution in [2.45, 2.75) is 119 Å². The number of rotatable bonds is 21. The van der Waals surface area contributed by atoms with Crippen molar-refractivity contribution in [2.75, 3.05) is 7.11 Å². The van der Waals surface area contributed by atoms with Gasteiger partial charge in [-0.25, -0.2) is 14.4 Å². The summed E-state index contributed by atoms with van der Waals surface area (Å²) < 4.78 is 27.3. The predicted molar refractivity (Wildman–Crippen MR) is 201 cm³/mol. The number of aliphatic hydroxyl groups excluding tert-OH is 1. The van der Waals surface area contributed by atoms with Crippen molar-refractivity contribution in [3.8, 4) is 0 Å². The van der Waals surface area contributed by atoms with Crippen molar-refractivity contribution in [1.29, 1.82) is 0 Å². The molecule has 4 rings (SSSR count). The summed E-state index contributed by atoms with van der Waals surface area (Å²) in [4.78, 5) is 64.1. The lowest BCUT2D eigenvalue weighted by atomic mass is 9.74. The Bertz CT molecular complexity index is 1710. The Labute approximate surface area is 326 Å². The highest BCUT2D eigenvalue weighted by molar-refractivity contribution is 5.98. The molecule has 0 aliphatic carbocycles. The normalized spacial score (nSPS) is 26.8. The number of carboxylic acid groups (broad SMARTS) is 2. The minimum absolute atomic E-state index is 0.0119. The summed E-state index contributed by atoms with van der Waals surface area (Å²) in [5, 5.41) is 44.3. The molecule has 2 saturated heterocycles. The van der Waals surface area contributed by atoms with Crippen molar-refractivity contribution >= 4 is 42.0 Å². The maximum atomic E-state index is 13.2. The Kier molecular flexibility index (Phi) is 15.5. The van der Waals surface area contributed by atoms with Gasteiger partial charge in [-0.2, -0.15) is 0 Å². The predicted octanol–water partition coefficient (Wildman–Crippen LogP) is 5.09. The highest BCUT2D eigenvalue weighted by atomic mass is 16.8. The van der Waals surface area contributed by atoms with E-state index in [0.717, 1.165) is 37.5 Å². The zero-order chi connectivity index (χ0) is 40.9. The molecular weight excluding hydrogens is 728 g/mol. The third-order valence-corrected chi connectivity index (χ3v) is 10.2. The van der Waals surface area contributed by atoms with Gasteiger partial charge < -0.3 is 44.1 Å². The molecule has 2 heterocycles. The zero-order valence-electron chi connectivity index (χ0n) is 31.9. The van der Waals surface area contributed by atoms with Crippen LogP contribution in [0.4, 0.5) is 0 Å². The fourth-order valence-electron chi connectivity index (χ4n) is 7.27. The van der Waals surface area contributed by atoms with E-state index in [9.17, 15) is 44.4 Å². The Hall–Kier alpha value is -4.89. The van der Waals surface area contributed by atoms with E-state index < -0.39 is 77.7 Å². The first-order chi connectivity index (χ1) is 26.7. The molecule has 2 aliphatic rings. The van der Waals surface area contributed by atoms with Gasteiger partial charge in [-0.1, -0.05) is 105 Å². The first-order valence-electron chi connectivity index (χ1n) is 18.8. The third-order valence-electron chi connectivity index (χ3n) is 10.2. The van der Waals surface area contributed by atoms with Gasteiger partial charge >= 0.3 is 29.8 Å². The van der Waals surface area contributed by atoms with Gasteiger partial charge in [0.1, 0.15) is 12.2 Å². The highest BCUT2D eigenvalue weighted by Crippen LogP contribution is 2.56. The molecule has 4 N–H and O–H groups in total. The minimum atomic E-state index is -3.73. The lowest BCUT2D eigenvalue weighted by Crippen LogP contribution is -2.78. The van der Waals surface area contributed by atoms with Crippen molar-refractivity contribution in [1.82, 2.24) is 0 Å². The molecule has 304 valence electrons. The molecule has 0 unspecified atom stereocenters. The largest absolute Gasteiger partial charge is 0.479 e. The first-order valence-corrected chi connectivity index (χ1v) is 18.8. The first kappa shape index (κ1) is 43.8. The maximum Gasteiger partial charge on any atom is 0.344 e. The number of methoxy groups -OCH3 is 1. The summed E-state index contributed by atoms with van der Waals surface area (Å²) in [6, 6.07) is 19.4. The van der Waals surface area contributed by atoms with Crippen LogP contribution in [-0.4, -0.2) is 98.8 Å². The molecule has 2 aliphatic heterocycles. The second-order valence-corrected chi connectivity index (χ2v) is 14.2. The van der Waals surface area contributed by atoms with Gasteiger partial charge in [0.15, 0.2) is 6.10 Å². The maximum absolute atomic E-state index is 13.2. The van der Waals surface area contributed by atoms with Gasteiger partial charge in [0.25, 0.3) is 0 Å². The topological polar surface area (TPSA) is 212 Å². The van der Waals surface area contributed by atoms with E-state index in [1.54, 1.807) is 0 Å². The van der Waals surface area contributed by atoms with Crippen LogP contribution in [0.3, 0.4) is 0 Å². The lowest BCUT2D eigenvalue weighted by Gasteiger charge is -2.49. The van der Waals surface area contributed by atoms with Gasteiger partial charge in [-0.15, -0.1) is 0 Å². The van der Waals surface area contributed by atoms with Crippen LogP contribution in [0.5, 0.6) is 0 Å². The van der Waals surface area contributed by atoms with E-state index in [2.05, 4.69) is 6.08 Å². The standard InChI is InChI=1S/C42H52O14/c1-28(18-16-24-31-22-13-9-14-23-31)32(53-29(2)43)25-17-27-40-34(45)35(42(56-40,39(49)50)41(51,38(47)48)36(55-40)37(46)52-3)54-33(44)26-15-7-5-4-6-10-19-30-20-11-8-12-21-30/h8-14,16,19-24,28,32,34-36,45,51H,4-7,15,17-18,25-27H2,1-3H3,(H,47,48)(H,49,50)/b19-10+,24-16+/t28-,32-,34-,35+,36-,40-,41+,42-/m0/s1. The fourth-order valence-corrected chi connectivity index (χ4v) is 7.27. The van der Waals surface area contributed by atoms with Crippen molar-refractivity contribution < 1.29 is 68.1 Å². The molecule has 2 aromatic rings. The summed E-state index contributed by atoms with van der Waals surface area (Å²) in [6.07, 6.45) is 3.61. The highest BCUT2D eigenvalue weighted by Gasteiger charge is 2.86. The number of fused-ring (bicyclic) bond motifs is 2. The summed E-state index contributed by atoms with van der Waals surface area (Å²) in [5.74, 6) is -10.1. The van der Waals surface area contributed by atoms with Crippen LogP contribution in [0.2, 0.25) is 0 Å². The lowest BCUT2D eigenvalue weighted by molar-refractivity contribution is -0.374. The molecule has 2 bridgehead atoms. The molecule has 0 saturated carbocycles. The molecule has 8 atom stereocenters. The number of benzene rings is 2. The second kappa shape index (κ2) is 19.8. The summed E-state index contributed by atoms with van der Waals surface area (Å²) in [6.45, 7) is 3.12. The van der Waals surface area contributed by atoms with Crippen LogP contribution < -0.4 is 0 Å². The minimum Gasteiger partial charge on any atom is -0.479 e. The van der Waals surface area contributed by atoms with E-state index in [-0.39, 0.29) is 25.2 Å². The number of allylic oxidation sites excluding steroid dienone is 2. The summed E-state index contributed by atoms with van der Waals surface area (Å²) >= 11 is 0. The molecule has 0 aromatic heterocycles. The Balaban J connectivity index is 1.49. The second-order valence-electron chi connectivity index (χ2n) is 14.2. The van der Waals surface area contributed by atoms with E-state index in [1.807, 2.05) is 85.8 Å². The van der Waals surface area contributed by atoms with E-state index in [0.29, 0.717) is 19.3 Å². The monoisotopic (exact) mass is 780 g/mol. The zero-order valence-corrected chi connectivity index (χ0v) is 31.9. The summed E-state index contributed by atoms with van der Waals surface area (Å²) in [7, 11) is 0.871. The molecule has 0 spiro atoms. The van der Waals surface area contributed by atoms with Gasteiger partial charge in [-0.3, -0.25) is 9.59 Å².